The molecule has 0 N–H and O–H groups in total. The van der Waals surface area contributed by atoms with Gasteiger partial charge < -0.3 is 14.2 Å². The third kappa shape index (κ3) is 3.82. The number of nitrogens with zero attached hydrogens (tertiary/aromatic N) is 3. The quantitative estimate of drug-likeness (QED) is 0.613. The molecule has 0 aliphatic carbocycles. The van der Waals surface area contributed by atoms with E-state index in [2.05, 4.69) is 10.1 Å². The smallest absolute Gasteiger partial charge is 0.329 e. The highest BCUT2D eigenvalue weighted by Crippen LogP contribution is 2.23. The van der Waals surface area contributed by atoms with E-state index in [1.165, 1.54) is 11.3 Å². The Morgan fingerprint density at radius 1 is 1.29 bits per heavy atom. The summed E-state index contributed by atoms with van der Waals surface area (Å²) in [6.45, 7) is 2.43. The van der Waals surface area contributed by atoms with Gasteiger partial charge in [-0.2, -0.15) is 4.98 Å². The number of amides is 1. The number of aryl methyl sites for hydroxylation is 1. The van der Waals surface area contributed by atoms with Gasteiger partial charge in [0.05, 0.1) is 4.88 Å². The number of carbonyl (C=O) groups excluding carboxylic acids is 2. The molecule has 0 unspecified atom stereocenters. The van der Waals surface area contributed by atoms with Crippen LogP contribution in [0.2, 0.25) is 0 Å². The van der Waals surface area contributed by atoms with Gasteiger partial charge in [-0.15, -0.1) is 11.3 Å². The van der Waals surface area contributed by atoms with Crippen LogP contribution in [0.1, 0.15) is 34.0 Å². The highest BCUT2D eigenvalue weighted by molar-refractivity contribution is 7.12. The van der Waals surface area contributed by atoms with Crippen molar-refractivity contribution < 1.29 is 18.8 Å². The molecule has 0 spiro atoms. The summed E-state index contributed by atoms with van der Waals surface area (Å²) >= 11 is 1.37. The molecule has 1 atom stereocenters. The monoisotopic (exact) mass is 397 g/mol. The standard InChI is InChI=1S/C20H19N3O4S/c1-13-6-8-14(9-7-13)18-21-17(27-22-18)12-26-20(25)15-4-2-10-23(15)19(24)16-5-3-11-28-16/h3,5-9,11,15H,2,4,10,12H2,1H3/t15-/m1/s1. The number of thiophene rings is 1. The van der Waals surface area contributed by atoms with Crippen molar-refractivity contribution in [1.82, 2.24) is 15.0 Å². The number of aromatic nitrogens is 2. The van der Waals surface area contributed by atoms with Crippen LogP contribution in [0, 0.1) is 6.92 Å². The van der Waals surface area contributed by atoms with E-state index in [1.807, 2.05) is 42.6 Å². The SMILES string of the molecule is Cc1ccc(-c2noc(COC(=O)[C@H]3CCCN3C(=O)c3cccs3)n2)cc1. The minimum absolute atomic E-state index is 0.116. The van der Waals surface area contributed by atoms with Gasteiger partial charge in [0.15, 0.2) is 6.61 Å². The highest BCUT2D eigenvalue weighted by atomic mass is 32.1. The average Bonchev–Trinajstić information content (AvgIpc) is 3.47. The third-order valence-electron chi connectivity index (χ3n) is 4.63. The van der Waals surface area contributed by atoms with Crippen molar-refractivity contribution in [1.29, 1.82) is 0 Å². The summed E-state index contributed by atoms with van der Waals surface area (Å²) in [5.74, 6) is 0.0888. The molecule has 2 aromatic heterocycles. The molecule has 0 bridgehead atoms. The van der Waals surface area contributed by atoms with Crippen molar-refractivity contribution in [2.45, 2.75) is 32.4 Å². The molecule has 3 heterocycles. The van der Waals surface area contributed by atoms with Crippen molar-refractivity contribution in [2.75, 3.05) is 6.54 Å². The molecule has 8 heteroatoms. The second-order valence-electron chi connectivity index (χ2n) is 6.62. The molecule has 144 valence electrons. The summed E-state index contributed by atoms with van der Waals surface area (Å²) in [4.78, 5) is 31.6. The second-order valence-corrected chi connectivity index (χ2v) is 7.57. The van der Waals surface area contributed by atoms with E-state index in [4.69, 9.17) is 9.26 Å². The van der Waals surface area contributed by atoms with Crippen LogP contribution in [0.5, 0.6) is 0 Å². The molecule has 28 heavy (non-hydrogen) atoms. The first-order valence-corrected chi connectivity index (χ1v) is 9.90. The predicted molar refractivity (Wildman–Crippen MR) is 103 cm³/mol. The molecular formula is C20H19N3O4S. The largest absolute Gasteiger partial charge is 0.454 e. The van der Waals surface area contributed by atoms with E-state index in [9.17, 15) is 9.59 Å². The number of ether oxygens (including phenoxy) is 1. The average molecular weight is 397 g/mol. The lowest BCUT2D eigenvalue weighted by atomic mass is 10.1. The molecule has 1 aliphatic rings. The lowest BCUT2D eigenvalue weighted by molar-refractivity contribution is -0.150. The summed E-state index contributed by atoms with van der Waals surface area (Å²) in [6, 6.07) is 10.7. The molecule has 1 amide bonds. The predicted octanol–water partition coefficient (Wildman–Crippen LogP) is 3.45. The molecule has 1 aromatic carbocycles. The first-order valence-electron chi connectivity index (χ1n) is 9.02. The normalized spacial score (nSPS) is 16.3. The molecule has 0 saturated carbocycles. The van der Waals surface area contributed by atoms with Gasteiger partial charge >= 0.3 is 5.97 Å². The van der Waals surface area contributed by atoms with Crippen LogP contribution >= 0.6 is 11.3 Å². The van der Waals surface area contributed by atoms with Gasteiger partial charge in [-0.25, -0.2) is 4.79 Å². The Morgan fingerprint density at radius 2 is 2.11 bits per heavy atom. The summed E-state index contributed by atoms with van der Waals surface area (Å²) in [5.41, 5.74) is 1.97. The Morgan fingerprint density at radius 3 is 2.86 bits per heavy atom. The van der Waals surface area contributed by atoms with E-state index in [0.29, 0.717) is 23.7 Å². The molecule has 7 nitrogen and oxygen atoms in total. The Hall–Kier alpha value is -3.00. The number of benzene rings is 1. The highest BCUT2D eigenvalue weighted by Gasteiger charge is 2.36. The molecule has 4 rings (SSSR count). The number of likely N-dealkylation sites (tertiary alicyclic amines) is 1. The van der Waals surface area contributed by atoms with E-state index < -0.39 is 12.0 Å². The summed E-state index contributed by atoms with van der Waals surface area (Å²) in [7, 11) is 0. The number of carbonyl (C=O) groups is 2. The minimum atomic E-state index is -0.575. The van der Waals surface area contributed by atoms with Gasteiger partial charge in [0.2, 0.25) is 5.82 Å². The lowest BCUT2D eigenvalue weighted by Gasteiger charge is -2.22. The summed E-state index contributed by atoms with van der Waals surface area (Å²) < 4.78 is 10.5. The zero-order valence-electron chi connectivity index (χ0n) is 15.3. The van der Waals surface area contributed by atoms with E-state index in [0.717, 1.165) is 17.5 Å². The van der Waals surface area contributed by atoms with Crippen LogP contribution in [0.15, 0.2) is 46.3 Å². The number of hydrogen-bond donors (Lipinski definition) is 0. The zero-order chi connectivity index (χ0) is 19.5. The van der Waals surface area contributed by atoms with Gasteiger partial charge in [-0.05, 0) is 31.2 Å². The third-order valence-corrected chi connectivity index (χ3v) is 5.49. The van der Waals surface area contributed by atoms with Gasteiger partial charge in [0.25, 0.3) is 11.8 Å². The van der Waals surface area contributed by atoms with E-state index in [1.54, 1.807) is 11.0 Å². The van der Waals surface area contributed by atoms with E-state index in [-0.39, 0.29) is 18.4 Å². The van der Waals surface area contributed by atoms with Crippen LogP contribution in [0.3, 0.4) is 0 Å². The van der Waals surface area contributed by atoms with Crippen LogP contribution in [-0.2, 0) is 16.1 Å². The van der Waals surface area contributed by atoms with Crippen molar-refractivity contribution in [3.05, 3.63) is 58.1 Å². The minimum Gasteiger partial charge on any atom is -0.454 e. The summed E-state index contributed by atoms with van der Waals surface area (Å²) in [5, 5.41) is 5.77. The fourth-order valence-corrected chi connectivity index (χ4v) is 3.84. The second kappa shape index (κ2) is 7.93. The van der Waals surface area contributed by atoms with Crippen molar-refractivity contribution in [3.8, 4) is 11.4 Å². The lowest BCUT2D eigenvalue weighted by Crippen LogP contribution is -2.41. The van der Waals surface area contributed by atoms with Crippen molar-refractivity contribution in [3.63, 3.8) is 0 Å². The van der Waals surface area contributed by atoms with Gasteiger partial charge in [-0.1, -0.05) is 41.1 Å². The summed E-state index contributed by atoms with van der Waals surface area (Å²) in [6.07, 6.45) is 1.36. The van der Waals surface area contributed by atoms with Crippen LogP contribution < -0.4 is 0 Å². The molecular weight excluding hydrogens is 378 g/mol. The maximum atomic E-state index is 12.6. The maximum Gasteiger partial charge on any atom is 0.329 e. The topological polar surface area (TPSA) is 85.5 Å². The Bertz CT molecular complexity index is 966. The zero-order valence-corrected chi connectivity index (χ0v) is 16.1. The maximum absolute atomic E-state index is 12.6. The fraction of sp³-hybridized carbons (Fsp3) is 0.300. The number of hydrogen-bond acceptors (Lipinski definition) is 7. The molecule has 1 saturated heterocycles. The number of esters is 1. The van der Waals surface area contributed by atoms with Crippen molar-refractivity contribution in [2.24, 2.45) is 0 Å². The Kier molecular flexibility index (Phi) is 5.21. The fourth-order valence-electron chi connectivity index (χ4n) is 3.16. The van der Waals surface area contributed by atoms with Crippen LogP contribution in [0.4, 0.5) is 0 Å². The van der Waals surface area contributed by atoms with Crippen molar-refractivity contribution >= 4 is 23.2 Å². The van der Waals surface area contributed by atoms with Gasteiger partial charge in [-0.3, -0.25) is 4.79 Å². The molecule has 1 aliphatic heterocycles. The molecule has 1 fully saturated rings. The Balaban J connectivity index is 1.37. The molecule has 3 aromatic rings. The van der Waals surface area contributed by atoms with Crippen LogP contribution in [-0.4, -0.2) is 39.5 Å². The number of rotatable bonds is 5. The van der Waals surface area contributed by atoms with Crippen LogP contribution in [0.25, 0.3) is 11.4 Å². The van der Waals surface area contributed by atoms with E-state index >= 15 is 0 Å². The molecule has 0 radical (unpaired) electrons. The first kappa shape index (κ1) is 18.4. The first-order chi connectivity index (χ1) is 13.6. The Labute approximate surface area is 165 Å². The van der Waals surface area contributed by atoms with Gasteiger partial charge in [0, 0.05) is 12.1 Å². The van der Waals surface area contributed by atoms with Gasteiger partial charge in [0.1, 0.15) is 6.04 Å².